The maximum Gasteiger partial charge on any atom is 0.407 e. The van der Waals surface area contributed by atoms with Gasteiger partial charge in [-0.15, -0.1) is 11.8 Å². The van der Waals surface area contributed by atoms with E-state index in [1.54, 1.807) is 48.5 Å². The molecule has 3 N–H and O–H groups in total. The maximum absolute atomic E-state index is 12.4. The Hall–Kier alpha value is -2.71. The highest BCUT2D eigenvalue weighted by atomic mass is 35.5. The van der Waals surface area contributed by atoms with Gasteiger partial charge >= 0.3 is 12.1 Å². The van der Waals surface area contributed by atoms with Crippen molar-refractivity contribution in [1.29, 1.82) is 0 Å². The number of benzene rings is 2. The molecule has 172 valence electrons. The molecule has 0 aromatic heterocycles. The number of unbranched alkanes of at least 4 members (excludes halogenated alkanes) is 2. The molecule has 0 fully saturated rings. The second-order valence-corrected chi connectivity index (χ2v) is 8.70. The lowest BCUT2D eigenvalue weighted by Crippen LogP contribution is -2.27. The van der Waals surface area contributed by atoms with Crippen LogP contribution in [0.25, 0.3) is 0 Å². The Morgan fingerprint density at radius 3 is 2.38 bits per heavy atom. The molecule has 2 amide bonds. The third-order valence-electron chi connectivity index (χ3n) is 4.44. The number of thioether (sulfide) groups is 1. The first-order chi connectivity index (χ1) is 15.4. The van der Waals surface area contributed by atoms with E-state index < -0.39 is 17.3 Å². The van der Waals surface area contributed by atoms with Gasteiger partial charge < -0.3 is 20.5 Å². The molecule has 9 heteroatoms. The summed E-state index contributed by atoms with van der Waals surface area (Å²) in [6, 6.07) is 13.4. The molecule has 0 aliphatic heterocycles. The van der Waals surface area contributed by atoms with Crippen LogP contribution in [0.4, 0.5) is 10.5 Å². The number of rotatable bonds is 12. The van der Waals surface area contributed by atoms with Crippen LogP contribution in [0.3, 0.4) is 0 Å². The number of hydrogen-bond donors (Lipinski definition) is 3. The first-order valence-electron chi connectivity index (χ1n) is 10.4. The fraction of sp³-hybridized carbons (Fsp3) is 0.348. The summed E-state index contributed by atoms with van der Waals surface area (Å²) in [4.78, 5) is 36.3. The molecule has 1 atom stereocenters. The Kier molecular flexibility index (Phi) is 10.9. The standard InChI is InChI=1S/C23H27ClN2O5S/c1-2-3-4-14-25-23(30)31-15-13-20(22(28)29)32-19-11-5-16(6-12-19)21(27)26-18-9-7-17(24)8-10-18/h5-12,20H,2-4,13-15H2,1H3,(H,25,30)(H,26,27)(H,28,29). The third-order valence-corrected chi connectivity index (χ3v) is 5.95. The van der Waals surface area contributed by atoms with E-state index in [2.05, 4.69) is 17.6 Å². The van der Waals surface area contributed by atoms with E-state index in [-0.39, 0.29) is 18.9 Å². The monoisotopic (exact) mass is 478 g/mol. The van der Waals surface area contributed by atoms with Crippen LogP contribution in [0.15, 0.2) is 53.4 Å². The van der Waals surface area contributed by atoms with Gasteiger partial charge in [0, 0.05) is 34.1 Å². The number of aliphatic carboxylic acids is 1. The molecular formula is C23H27ClN2O5S. The molecule has 0 saturated heterocycles. The minimum Gasteiger partial charge on any atom is -0.480 e. The maximum atomic E-state index is 12.4. The fourth-order valence-electron chi connectivity index (χ4n) is 2.69. The van der Waals surface area contributed by atoms with Gasteiger partial charge in [0.15, 0.2) is 0 Å². The summed E-state index contributed by atoms with van der Waals surface area (Å²) in [5.41, 5.74) is 1.07. The molecule has 7 nitrogen and oxygen atoms in total. The Morgan fingerprint density at radius 1 is 1.06 bits per heavy atom. The van der Waals surface area contributed by atoms with E-state index in [0.29, 0.717) is 27.7 Å². The topological polar surface area (TPSA) is 105 Å². The quantitative estimate of drug-likeness (QED) is 0.277. The highest BCUT2D eigenvalue weighted by molar-refractivity contribution is 8.00. The molecule has 0 saturated carbocycles. The zero-order valence-electron chi connectivity index (χ0n) is 17.8. The van der Waals surface area contributed by atoms with Crippen molar-refractivity contribution in [2.24, 2.45) is 0 Å². The summed E-state index contributed by atoms with van der Waals surface area (Å²) >= 11 is 6.98. The Balaban J connectivity index is 1.82. The van der Waals surface area contributed by atoms with E-state index in [4.69, 9.17) is 16.3 Å². The first-order valence-corrected chi connectivity index (χ1v) is 11.6. The first kappa shape index (κ1) is 25.5. The second kappa shape index (κ2) is 13.6. The van der Waals surface area contributed by atoms with Crippen LogP contribution in [0.5, 0.6) is 0 Å². The number of carboxylic acid groups (broad SMARTS) is 1. The molecule has 2 aromatic rings. The van der Waals surface area contributed by atoms with Crippen molar-refractivity contribution in [3.63, 3.8) is 0 Å². The number of anilines is 1. The molecule has 0 aliphatic rings. The van der Waals surface area contributed by atoms with E-state index >= 15 is 0 Å². The van der Waals surface area contributed by atoms with Gasteiger partial charge in [0.05, 0.1) is 6.61 Å². The fourth-order valence-corrected chi connectivity index (χ4v) is 3.76. The van der Waals surface area contributed by atoms with Gasteiger partial charge in [-0.05, 0) is 55.0 Å². The SMILES string of the molecule is CCCCCNC(=O)OCCC(Sc1ccc(C(=O)Nc2ccc(Cl)cc2)cc1)C(=O)O. The van der Waals surface area contributed by atoms with Gasteiger partial charge in [-0.25, -0.2) is 4.79 Å². The van der Waals surface area contributed by atoms with Crippen LogP contribution < -0.4 is 10.6 Å². The number of halogens is 1. The van der Waals surface area contributed by atoms with Crippen molar-refractivity contribution >= 4 is 47.0 Å². The molecule has 0 spiro atoms. The normalized spacial score (nSPS) is 11.4. The summed E-state index contributed by atoms with van der Waals surface area (Å²) in [5.74, 6) is -1.27. The molecule has 1 unspecified atom stereocenters. The second-order valence-electron chi connectivity index (χ2n) is 6.99. The average Bonchev–Trinajstić information content (AvgIpc) is 2.78. The number of alkyl carbamates (subject to hydrolysis) is 1. The van der Waals surface area contributed by atoms with Gasteiger partial charge in [-0.1, -0.05) is 31.4 Å². The van der Waals surface area contributed by atoms with Gasteiger partial charge in [-0.3, -0.25) is 9.59 Å². The Morgan fingerprint density at radius 2 is 1.75 bits per heavy atom. The summed E-state index contributed by atoms with van der Waals surface area (Å²) in [6.45, 7) is 2.62. The Labute approximate surface area is 196 Å². The average molecular weight is 479 g/mol. The van der Waals surface area contributed by atoms with Crippen molar-refractivity contribution in [3.8, 4) is 0 Å². The predicted molar refractivity (Wildman–Crippen MR) is 127 cm³/mol. The number of amides is 2. The van der Waals surface area contributed by atoms with Crippen molar-refractivity contribution in [2.75, 3.05) is 18.5 Å². The van der Waals surface area contributed by atoms with Crippen LogP contribution in [0.1, 0.15) is 43.0 Å². The lowest BCUT2D eigenvalue weighted by atomic mass is 10.2. The van der Waals surface area contributed by atoms with Crippen LogP contribution in [-0.4, -0.2) is 41.5 Å². The highest BCUT2D eigenvalue weighted by Crippen LogP contribution is 2.26. The smallest absolute Gasteiger partial charge is 0.407 e. The molecule has 2 aromatic carbocycles. The van der Waals surface area contributed by atoms with Crippen LogP contribution in [0, 0.1) is 0 Å². The third kappa shape index (κ3) is 9.20. The minimum absolute atomic E-state index is 0.00512. The van der Waals surface area contributed by atoms with Crippen LogP contribution >= 0.6 is 23.4 Å². The number of carboxylic acids is 1. The van der Waals surface area contributed by atoms with E-state index in [9.17, 15) is 19.5 Å². The van der Waals surface area contributed by atoms with Gasteiger partial charge in [-0.2, -0.15) is 0 Å². The summed E-state index contributed by atoms with van der Waals surface area (Å²) < 4.78 is 5.07. The molecular weight excluding hydrogens is 452 g/mol. The molecule has 0 aliphatic carbocycles. The van der Waals surface area contributed by atoms with Crippen molar-refractivity contribution in [1.82, 2.24) is 5.32 Å². The van der Waals surface area contributed by atoms with Crippen LogP contribution in [0.2, 0.25) is 5.02 Å². The minimum atomic E-state index is -0.994. The van der Waals surface area contributed by atoms with Crippen molar-refractivity contribution < 1.29 is 24.2 Å². The Bertz CT molecular complexity index is 890. The largest absolute Gasteiger partial charge is 0.480 e. The van der Waals surface area contributed by atoms with Crippen molar-refractivity contribution in [2.45, 2.75) is 42.8 Å². The van der Waals surface area contributed by atoms with Crippen molar-refractivity contribution in [3.05, 3.63) is 59.1 Å². The summed E-state index contributed by atoms with van der Waals surface area (Å²) in [7, 11) is 0. The lowest BCUT2D eigenvalue weighted by molar-refractivity contribution is -0.136. The number of nitrogens with one attached hydrogen (secondary N) is 2. The van der Waals surface area contributed by atoms with Gasteiger partial charge in [0.1, 0.15) is 5.25 Å². The number of hydrogen-bond acceptors (Lipinski definition) is 5. The molecule has 2 rings (SSSR count). The number of ether oxygens (including phenoxy) is 1. The van der Waals surface area contributed by atoms with E-state index in [1.807, 2.05) is 0 Å². The molecule has 0 radical (unpaired) electrons. The van der Waals surface area contributed by atoms with E-state index in [1.165, 1.54) is 0 Å². The molecule has 32 heavy (non-hydrogen) atoms. The highest BCUT2D eigenvalue weighted by Gasteiger charge is 2.20. The van der Waals surface area contributed by atoms with Gasteiger partial charge in [0.2, 0.25) is 0 Å². The van der Waals surface area contributed by atoms with Crippen LogP contribution in [-0.2, 0) is 9.53 Å². The lowest BCUT2D eigenvalue weighted by Gasteiger charge is -2.13. The zero-order valence-corrected chi connectivity index (χ0v) is 19.4. The number of carbonyl (C=O) groups is 3. The summed E-state index contributed by atoms with van der Waals surface area (Å²) in [6.07, 6.45) is 2.60. The molecule has 0 bridgehead atoms. The number of carbonyl (C=O) groups excluding carboxylic acids is 2. The molecule has 0 heterocycles. The summed E-state index contributed by atoms with van der Waals surface area (Å²) in [5, 5.41) is 14.7. The van der Waals surface area contributed by atoms with E-state index in [0.717, 1.165) is 31.0 Å². The zero-order chi connectivity index (χ0) is 23.3. The predicted octanol–water partition coefficient (Wildman–Crippen LogP) is 5.44. The van der Waals surface area contributed by atoms with Gasteiger partial charge in [0.25, 0.3) is 5.91 Å².